The second-order valence-electron chi connectivity index (χ2n) is 7.21. The largest absolute Gasteiger partial charge is 0.480 e. The van der Waals surface area contributed by atoms with Gasteiger partial charge < -0.3 is 42.5 Å². The van der Waals surface area contributed by atoms with Crippen molar-refractivity contribution < 1.29 is 34.2 Å². The van der Waals surface area contributed by atoms with Crippen molar-refractivity contribution in [2.45, 2.75) is 50.2 Å². The molecule has 0 bridgehead atoms. The lowest BCUT2D eigenvalue weighted by atomic mass is 10.1. The molecule has 4 amide bonds. The van der Waals surface area contributed by atoms with Crippen LogP contribution in [0, 0.1) is 0 Å². The molecule has 31 heavy (non-hydrogen) atoms. The molecule has 0 aromatic carbocycles. The highest BCUT2D eigenvalue weighted by Crippen LogP contribution is 2.17. The number of amides is 4. The van der Waals surface area contributed by atoms with E-state index in [0.717, 1.165) is 0 Å². The number of hydrogen-bond acceptors (Lipinski definition) is 8. The number of rotatable bonds is 13. The number of nitrogens with one attached hydrogen (secondary N) is 3. The molecule has 1 aliphatic heterocycles. The number of aliphatic carboxylic acids is 1. The Morgan fingerprint density at radius 2 is 1.77 bits per heavy atom. The second kappa shape index (κ2) is 13.5. The van der Waals surface area contributed by atoms with Gasteiger partial charge in [0.2, 0.25) is 23.6 Å². The lowest BCUT2D eigenvalue weighted by molar-refractivity contribution is -0.141. The molecule has 1 heterocycles. The zero-order valence-electron chi connectivity index (χ0n) is 17.3. The van der Waals surface area contributed by atoms with Crippen molar-refractivity contribution in [2.75, 3.05) is 32.8 Å². The van der Waals surface area contributed by atoms with E-state index in [-0.39, 0.29) is 6.42 Å². The van der Waals surface area contributed by atoms with Gasteiger partial charge in [0.05, 0.1) is 13.2 Å². The summed E-state index contributed by atoms with van der Waals surface area (Å²) < 4.78 is 0. The van der Waals surface area contributed by atoms with Crippen molar-refractivity contribution in [3.8, 4) is 0 Å². The Balaban J connectivity index is 2.65. The molecular weight excluding hydrogens is 412 g/mol. The molecule has 9 N–H and O–H groups in total. The Morgan fingerprint density at radius 1 is 1.06 bits per heavy atom. The van der Waals surface area contributed by atoms with Gasteiger partial charge >= 0.3 is 5.97 Å². The van der Waals surface area contributed by atoms with Crippen LogP contribution in [0.25, 0.3) is 0 Å². The molecule has 176 valence electrons. The third kappa shape index (κ3) is 8.86. The van der Waals surface area contributed by atoms with Gasteiger partial charge in [0, 0.05) is 6.54 Å². The van der Waals surface area contributed by atoms with E-state index in [0.29, 0.717) is 38.8 Å². The first kappa shape index (κ1) is 26.3. The minimum atomic E-state index is -1.19. The van der Waals surface area contributed by atoms with Crippen LogP contribution in [-0.4, -0.2) is 95.6 Å². The fourth-order valence-corrected chi connectivity index (χ4v) is 3.13. The van der Waals surface area contributed by atoms with Crippen LogP contribution in [-0.2, 0) is 24.0 Å². The van der Waals surface area contributed by atoms with Crippen molar-refractivity contribution in [3.05, 3.63) is 0 Å². The number of unbranched alkanes of at least 4 members (excludes halogenated alkanes) is 1. The maximum atomic E-state index is 12.5. The Morgan fingerprint density at radius 3 is 2.39 bits per heavy atom. The molecule has 1 rings (SSSR count). The molecule has 0 unspecified atom stereocenters. The van der Waals surface area contributed by atoms with Crippen LogP contribution < -0.4 is 27.4 Å². The van der Waals surface area contributed by atoms with E-state index in [2.05, 4.69) is 16.0 Å². The Kier molecular flexibility index (Phi) is 11.5. The summed E-state index contributed by atoms with van der Waals surface area (Å²) in [4.78, 5) is 61.0. The van der Waals surface area contributed by atoms with E-state index in [9.17, 15) is 24.0 Å². The summed E-state index contributed by atoms with van der Waals surface area (Å²) in [5, 5.41) is 24.8. The molecule has 0 saturated carbocycles. The van der Waals surface area contributed by atoms with E-state index in [1.807, 2.05) is 0 Å². The third-order valence-corrected chi connectivity index (χ3v) is 4.82. The first-order chi connectivity index (χ1) is 14.7. The Labute approximate surface area is 179 Å². The lowest BCUT2D eigenvalue weighted by Gasteiger charge is -2.25. The first-order valence-electron chi connectivity index (χ1n) is 10.1. The van der Waals surface area contributed by atoms with Crippen LogP contribution in [0.5, 0.6) is 0 Å². The number of carbonyl (C=O) groups is 5. The summed E-state index contributed by atoms with van der Waals surface area (Å²) in [6, 6.07) is -2.94. The number of carboxylic acids is 1. The SMILES string of the molecule is NCCCC[C@H](NC(=O)[C@@H](N)CO)C(=O)NCC(=O)N1CCC[C@H]1C(=O)NCC(=O)O. The molecule has 1 saturated heterocycles. The van der Waals surface area contributed by atoms with Crippen molar-refractivity contribution in [3.63, 3.8) is 0 Å². The number of carbonyl (C=O) groups excluding carboxylic acids is 4. The zero-order valence-corrected chi connectivity index (χ0v) is 17.3. The number of nitrogens with two attached hydrogens (primary N) is 2. The van der Waals surface area contributed by atoms with Gasteiger partial charge in [-0.3, -0.25) is 24.0 Å². The van der Waals surface area contributed by atoms with Crippen molar-refractivity contribution >= 4 is 29.6 Å². The van der Waals surface area contributed by atoms with E-state index in [1.165, 1.54) is 4.90 Å². The number of aliphatic hydroxyl groups is 1. The number of nitrogens with zero attached hydrogens (tertiary/aromatic N) is 1. The average molecular weight is 444 g/mol. The van der Waals surface area contributed by atoms with E-state index in [1.54, 1.807) is 0 Å². The number of carboxylic acid groups (broad SMARTS) is 1. The zero-order chi connectivity index (χ0) is 23.4. The van der Waals surface area contributed by atoms with E-state index >= 15 is 0 Å². The lowest BCUT2D eigenvalue weighted by Crippen LogP contribution is -2.54. The number of likely N-dealkylation sites (tertiary alicyclic amines) is 1. The minimum absolute atomic E-state index is 0.269. The van der Waals surface area contributed by atoms with Gasteiger partial charge in [-0.1, -0.05) is 0 Å². The molecule has 1 fully saturated rings. The molecule has 13 nitrogen and oxygen atoms in total. The topological polar surface area (TPSA) is 217 Å². The monoisotopic (exact) mass is 444 g/mol. The first-order valence-corrected chi connectivity index (χ1v) is 10.1. The Bertz CT molecular complexity index is 659. The van der Waals surface area contributed by atoms with Crippen molar-refractivity contribution in [1.82, 2.24) is 20.9 Å². The van der Waals surface area contributed by atoms with Crippen LogP contribution >= 0.6 is 0 Å². The fraction of sp³-hybridized carbons (Fsp3) is 0.722. The third-order valence-electron chi connectivity index (χ3n) is 4.82. The highest BCUT2D eigenvalue weighted by Gasteiger charge is 2.34. The highest BCUT2D eigenvalue weighted by atomic mass is 16.4. The van der Waals surface area contributed by atoms with Gasteiger partial charge in [-0.25, -0.2) is 0 Å². The van der Waals surface area contributed by atoms with Crippen LogP contribution in [0.4, 0.5) is 0 Å². The fourth-order valence-electron chi connectivity index (χ4n) is 3.13. The molecule has 13 heteroatoms. The Hall–Kier alpha value is -2.77. The normalized spacial score (nSPS) is 17.5. The van der Waals surface area contributed by atoms with Gasteiger partial charge in [-0.05, 0) is 38.6 Å². The summed E-state index contributed by atoms with van der Waals surface area (Å²) in [6.07, 6.45) is 2.41. The summed E-state index contributed by atoms with van der Waals surface area (Å²) in [6.45, 7) is -0.800. The molecular formula is C18H32N6O7. The second-order valence-corrected chi connectivity index (χ2v) is 7.21. The van der Waals surface area contributed by atoms with Gasteiger partial charge in [0.25, 0.3) is 0 Å². The highest BCUT2D eigenvalue weighted by molar-refractivity contribution is 5.94. The average Bonchev–Trinajstić information content (AvgIpc) is 3.24. The summed E-state index contributed by atoms with van der Waals surface area (Å²) in [7, 11) is 0. The van der Waals surface area contributed by atoms with Gasteiger partial charge in [-0.15, -0.1) is 0 Å². The van der Waals surface area contributed by atoms with Crippen molar-refractivity contribution in [2.24, 2.45) is 11.5 Å². The molecule has 3 atom stereocenters. The maximum absolute atomic E-state index is 12.5. The van der Waals surface area contributed by atoms with Crippen LogP contribution in [0.2, 0.25) is 0 Å². The standard InChI is InChI=1S/C18H32N6O7/c19-6-2-1-4-12(23-16(29)11(20)10-25)17(30)21-8-14(26)24-7-3-5-13(24)18(31)22-9-15(27)28/h11-13,25H,1-10,19-20H2,(H,21,30)(H,22,31)(H,23,29)(H,27,28)/t11-,12-,13-/m0/s1. The summed E-state index contributed by atoms with van der Waals surface area (Å²) in [5.41, 5.74) is 10.9. The minimum Gasteiger partial charge on any atom is -0.480 e. The molecule has 0 aromatic rings. The van der Waals surface area contributed by atoms with Crippen molar-refractivity contribution in [1.29, 1.82) is 0 Å². The van der Waals surface area contributed by atoms with Gasteiger partial charge in [0.15, 0.2) is 0 Å². The number of aliphatic hydroxyl groups excluding tert-OH is 1. The molecule has 0 spiro atoms. The van der Waals surface area contributed by atoms with E-state index < -0.39 is 67.4 Å². The molecule has 0 aliphatic carbocycles. The van der Waals surface area contributed by atoms with E-state index in [4.69, 9.17) is 21.7 Å². The smallest absolute Gasteiger partial charge is 0.322 e. The van der Waals surface area contributed by atoms with Gasteiger partial charge in [0.1, 0.15) is 24.7 Å². The molecule has 0 radical (unpaired) electrons. The van der Waals surface area contributed by atoms with Crippen LogP contribution in [0.1, 0.15) is 32.1 Å². The number of hydrogen-bond donors (Lipinski definition) is 7. The predicted octanol–water partition coefficient (Wildman–Crippen LogP) is -3.77. The van der Waals surface area contributed by atoms with Crippen LogP contribution in [0.15, 0.2) is 0 Å². The molecule has 0 aromatic heterocycles. The maximum Gasteiger partial charge on any atom is 0.322 e. The van der Waals surface area contributed by atoms with Gasteiger partial charge in [-0.2, -0.15) is 0 Å². The molecule has 1 aliphatic rings. The summed E-state index contributed by atoms with van der Waals surface area (Å²) in [5.74, 6) is -3.56. The summed E-state index contributed by atoms with van der Waals surface area (Å²) >= 11 is 0. The van der Waals surface area contributed by atoms with Crippen LogP contribution in [0.3, 0.4) is 0 Å². The quantitative estimate of drug-likeness (QED) is 0.138. The predicted molar refractivity (Wildman–Crippen MR) is 108 cm³/mol.